The van der Waals surface area contributed by atoms with E-state index in [0.717, 1.165) is 0 Å². The van der Waals surface area contributed by atoms with Gasteiger partial charge in [0.25, 0.3) is 0 Å². The summed E-state index contributed by atoms with van der Waals surface area (Å²) in [5.74, 6) is 0.517. The van der Waals surface area contributed by atoms with Crippen LogP contribution in [-0.4, -0.2) is 17.3 Å². The van der Waals surface area contributed by atoms with Gasteiger partial charge in [0.15, 0.2) is 10.9 Å². The number of halogens is 2. The number of ether oxygens (including phenoxy) is 1. The van der Waals surface area contributed by atoms with Crippen molar-refractivity contribution in [3.8, 4) is 5.75 Å². The van der Waals surface area contributed by atoms with Gasteiger partial charge in [-0.05, 0) is 15.9 Å². The molecule has 1 rings (SSSR count). The maximum atomic E-state index is 5.58. The molecule has 0 fully saturated rings. The standard InChI is InChI=1S/C5H4BrClN2O/c1-10-3-2-4(6)8-9-5(3)7/h2H,1H3. The van der Waals surface area contributed by atoms with Gasteiger partial charge in [-0.1, -0.05) is 11.6 Å². The van der Waals surface area contributed by atoms with Gasteiger partial charge < -0.3 is 4.74 Å². The first-order valence-corrected chi connectivity index (χ1v) is 3.64. The van der Waals surface area contributed by atoms with Crippen LogP contribution in [0.2, 0.25) is 5.15 Å². The number of aromatic nitrogens is 2. The molecule has 0 aromatic carbocycles. The molecule has 0 saturated carbocycles. The van der Waals surface area contributed by atoms with Crippen LogP contribution in [0.4, 0.5) is 0 Å². The molecule has 54 valence electrons. The van der Waals surface area contributed by atoms with Crippen molar-refractivity contribution < 1.29 is 4.74 Å². The molecular weight excluding hydrogens is 219 g/mol. The average Bonchev–Trinajstić information content (AvgIpc) is 1.94. The molecule has 0 N–H and O–H groups in total. The van der Waals surface area contributed by atoms with Gasteiger partial charge in [-0.25, -0.2) is 0 Å². The molecule has 3 nitrogen and oxygen atoms in total. The molecular formula is C5H4BrClN2O. The van der Waals surface area contributed by atoms with Gasteiger partial charge in [-0.2, -0.15) is 0 Å². The van der Waals surface area contributed by atoms with Gasteiger partial charge in [-0.15, -0.1) is 10.2 Å². The van der Waals surface area contributed by atoms with Crippen LogP contribution in [0, 0.1) is 0 Å². The zero-order chi connectivity index (χ0) is 7.56. The summed E-state index contributed by atoms with van der Waals surface area (Å²) in [5.41, 5.74) is 0. The molecule has 0 aliphatic rings. The summed E-state index contributed by atoms with van der Waals surface area (Å²) in [6, 6.07) is 1.65. The van der Waals surface area contributed by atoms with E-state index < -0.39 is 0 Å². The SMILES string of the molecule is COc1cc(Br)nnc1Cl. The second-order valence-electron chi connectivity index (χ2n) is 1.53. The Balaban J connectivity index is 3.09. The van der Waals surface area contributed by atoms with Gasteiger partial charge in [0.1, 0.15) is 4.60 Å². The molecule has 0 aliphatic heterocycles. The van der Waals surface area contributed by atoms with E-state index in [4.69, 9.17) is 16.3 Å². The van der Waals surface area contributed by atoms with Crippen LogP contribution < -0.4 is 4.74 Å². The fraction of sp³-hybridized carbons (Fsp3) is 0.200. The molecule has 0 amide bonds. The summed E-state index contributed by atoms with van der Waals surface area (Å²) < 4.78 is 5.47. The van der Waals surface area contributed by atoms with E-state index >= 15 is 0 Å². The second-order valence-corrected chi connectivity index (χ2v) is 2.70. The lowest BCUT2D eigenvalue weighted by Crippen LogP contribution is -1.89. The van der Waals surface area contributed by atoms with Gasteiger partial charge in [-0.3, -0.25) is 0 Å². The van der Waals surface area contributed by atoms with Crippen LogP contribution in [-0.2, 0) is 0 Å². The van der Waals surface area contributed by atoms with E-state index in [1.807, 2.05) is 0 Å². The van der Waals surface area contributed by atoms with E-state index in [9.17, 15) is 0 Å². The van der Waals surface area contributed by atoms with Crippen LogP contribution in [0.1, 0.15) is 0 Å². The second kappa shape index (κ2) is 3.16. The van der Waals surface area contributed by atoms with E-state index in [0.29, 0.717) is 10.4 Å². The van der Waals surface area contributed by atoms with Gasteiger partial charge in [0, 0.05) is 6.07 Å². The van der Waals surface area contributed by atoms with Crippen LogP contribution in [0.15, 0.2) is 10.7 Å². The fourth-order valence-corrected chi connectivity index (χ4v) is 0.937. The van der Waals surface area contributed by atoms with Crippen molar-refractivity contribution in [3.63, 3.8) is 0 Å². The molecule has 0 radical (unpaired) electrons. The minimum atomic E-state index is 0.269. The lowest BCUT2D eigenvalue weighted by Gasteiger charge is -1.99. The smallest absolute Gasteiger partial charge is 0.193 e. The Morgan fingerprint density at radius 1 is 1.60 bits per heavy atom. The number of hydrogen-bond donors (Lipinski definition) is 0. The highest BCUT2D eigenvalue weighted by Gasteiger charge is 2.01. The predicted molar refractivity (Wildman–Crippen MR) is 41.3 cm³/mol. The van der Waals surface area contributed by atoms with E-state index in [1.54, 1.807) is 6.07 Å². The van der Waals surface area contributed by atoms with E-state index in [1.165, 1.54) is 7.11 Å². The predicted octanol–water partition coefficient (Wildman–Crippen LogP) is 1.90. The van der Waals surface area contributed by atoms with Crippen molar-refractivity contribution in [3.05, 3.63) is 15.8 Å². The average molecular weight is 223 g/mol. The molecule has 0 unspecified atom stereocenters. The highest BCUT2D eigenvalue weighted by atomic mass is 79.9. The summed E-state index contributed by atoms with van der Waals surface area (Å²) in [5, 5.41) is 7.50. The molecule has 0 saturated heterocycles. The van der Waals surface area contributed by atoms with Crippen molar-refractivity contribution >= 4 is 27.5 Å². The van der Waals surface area contributed by atoms with Crippen LogP contribution in [0.5, 0.6) is 5.75 Å². The lowest BCUT2D eigenvalue weighted by atomic mass is 10.5. The largest absolute Gasteiger partial charge is 0.493 e. The van der Waals surface area contributed by atoms with E-state index in [2.05, 4.69) is 26.1 Å². The summed E-state index contributed by atoms with van der Waals surface area (Å²) in [6.45, 7) is 0. The third-order valence-corrected chi connectivity index (χ3v) is 1.56. The van der Waals surface area contributed by atoms with Gasteiger partial charge in [0.05, 0.1) is 7.11 Å². The third kappa shape index (κ3) is 1.58. The Bertz CT molecular complexity index is 243. The number of rotatable bonds is 1. The molecule has 0 aliphatic carbocycles. The first-order chi connectivity index (χ1) is 4.74. The summed E-state index contributed by atoms with van der Waals surface area (Å²) in [6.07, 6.45) is 0. The van der Waals surface area contributed by atoms with Crippen LogP contribution in [0.3, 0.4) is 0 Å². The number of hydrogen-bond acceptors (Lipinski definition) is 3. The fourth-order valence-electron chi connectivity index (χ4n) is 0.481. The zero-order valence-electron chi connectivity index (χ0n) is 5.14. The minimum Gasteiger partial charge on any atom is -0.493 e. The molecule has 1 aromatic rings. The Labute approximate surface area is 71.5 Å². The molecule has 5 heteroatoms. The van der Waals surface area contributed by atoms with Crippen molar-refractivity contribution in [2.75, 3.05) is 7.11 Å². The third-order valence-electron chi connectivity index (χ3n) is 0.907. The molecule has 1 heterocycles. The topological polar surface area (TPSA) is 35.0 Å². The quantitative estimate of drug-likeness (QED) is 0.729. The summed E-state index contributed by atoms with van der Waals surface area (Å²) in [4.78, 5) is 0. The lowest BCUT2D eigenvalue weighted by molar-refractivity contribution is 0.411. The summed E-state index contributed by atoms with van der Waals surface area (Å²) >= 11 is 8.70. The first kappa shape index (κ1) is 7.75. The van der Waals surface area contributed by atoms with Crippen molar-refractivity contribution in [1.82, 2.24) is 10.2 Å². The van der Waals surface area contributed by atoms with Crippen molar-refractivity contribution in [2.24, 2.45) is 0 Å². The maximum Gasteiger partial charge on any atom is 0.193 e. The molecule has 0 atom stereocenters. The Kier molecular flexibility index (Phi) is 2.45. The number of nitrogens with zero attached hydrogens (tertiary/aromatic N) is 2. The van der Waals surface area contributed by atoms with Gasteiger partial charge >= 0.3 is 0 Å². The summed E-state index contributed by atoms with van der Waals surface area (Å²) in [7, 11) is 1.52. The first-order valence-electron chi connectivity index (χ1n) is 2.46. The number of methoxy groups -OCH3 is 1. The zero-order valence-corrected chi connectivity index (χ0v) is 7.48. The van der Waals surface area contributed by atoms with Crippen LogP contribution >= 0.6 is 27.5 Å². The van der Waals surface area contributed by atoms with Crippen LogP contribution in [0.25, 0.3) is 0 Å². The highest BCUT2D eigenvalue weighted by molar-refractivity contribution is 9.10. The van der Waals surface area contributed by atoms with Crippen molar-refractivity contribution in [2.45, 2.75) is 0 Å². The monoisotopic (exact) mass is 222 g/mol. The van der Waals surface area contributed by atoms with E-state index in [-0.39, 0.29) is 5.15 Å². The minimum absolute atomic E-state index is 0.269. The Morgan fingerprint density at radius 3 is 2.80 bits per heavy atom. The Morgan fingerprint density at radius 2 is 2.30 bits per heavy atom. The van der Waals surface area contributed by atoms with Gasteiger partial charge in [0.2, 0.25) is 0 Å². The molecule has 1 aromatic heterocycles. The molecule has 0 bridgehead atoms. The highest BCUT2D eigenvalue weighted by Crippen LogP contribution is 2.22. The molecule has 0 spiro atoms. The maximum absolute atomic E-state index is 5.58. The van der Waals surface area contributed by atoms with Crippen molar-refractivity contribution in [1.29, 1.82) is 0 Å². The normalized spacial score (nSPS) is 9.50. The molecule has 10 heavy (non-hydrogen) atoms. The Hall–Kier alpha value is -0.350.